The minimum Gasteiger partial charge on any atom is -0.384 e. The van der Waals surface area contributed by atoms with E-state index in [4.69, 9.17) is 5.73 Å². The molecule has 0 saturated carbocycles. The molecule has 2 aliphatic rings. The van der Waals surface area contributed by atoms with Gasteiger partial charge in [0.25, 0.3) is 11.8 Å². The molecule has 4 rings (SSSR count). The van der Waals surface area contributed by atoms with Gasteiger partial charge in [-0.25, -0.2) is 4.39 Å². The number of hydrogen-bond acceptors (Lipinski definition) is 4. The van der Waals surface area contributed by atoms with Crippen molar-refractivity contribution in [1.82, 2.24) is 9.80 Å². The Labute approximate surface area is 174 Å². The molecule has 0 radical (unpaired) electrons. The SMILES string of the molecule is CC(C)(C)N1C(=O)[C@]2(C(C#N)=C1N)c1ccccc1C(=O)N2Cc1ccc(F)cc1. The van der Waals surface area contributed by atoms with Crippen molar-refractivity contribution in [2.45, 2.75) is 38.4 Å². The van der Waals surface area contributed by atoms with Crippen LogP contribution in [0.3, 0.4) is 0 Å². The van der Waals surface area contributed by atoms with Crippen LogP contribution in [0.5, 0.6) is 0 Å². The molecule has 1 spiro atoms. The number of amides is 2. The molecule has 1 atom stereocenters. The highest BCUT2D eigenvalue weighted by Gasteiger charge is 2.65. The first-order valence-corrected chi connectivity index (χ1v) is 9.55. The molecule has 0 saturated heterocycles. The Hall–Kier alpha value is -3.66. The van der Waals surface area contributed by atoms with Gasteiger partial charge in [-0.2, -0.15) is 5.26 Å². The number of nitrogens with two attached hydrogens (primary N) is 1. The Balaban J connectivity index is 1.98. The summed E-state index contributed by atoms with van der Waals surface area (Å²) in [5.41, 5.74) is 5.43. The number of hydrogen-bond donors (Lipinski definition) is 1. The van der Waals surface area contributed by atoms with Gasteiger partial charge < -0.3 is 10.6 Å². The molecule has 7 heteroatoms. The fraction of sp³-hybridized carbons (Fsp3) is 0.261. The molecule has 2 N–H and O–H groups in total. The van der Waals surface area contributed by atoms with Gasteiger partial charge >= 0.3 is 0 Å². The lowest BCUT2D eigenvalue weighted by Gasteiger charge is -2.38. The normalized spacial score (nSPS) is 20.9. The molecule has 6 nitrogen and oxygen atoms in total. The first-order chi connectivity index (χ1) is 14.1. The molecule has 0 bridgehead atoms. The van der Waals surface area contributed by atoms with Crippen LogP contribution >= 0.6 is 0 Å². The molecular weight excluding hydrogens is 383 g/mol. The topological polar surface area (TPSA) is 90.4 Å². The Bertz CT molecular complexity index is 1140. The molecular formula is C23H21FN4O2. The predicted molar refractivity (Wildman–Crippen MR) is 108 cm³/mol. The van der Waals surface area contributed by atoms with Crippen molar-refractivity contribution in [2.24, 2.45) is 5.73 Å². The zero-order valence-corrected chi connectivity index (χ0v) is 16.9. The maximum absolute atomic E-state index is 13.9. The second kappa shape index (κ2) is 6.42. The largest absolute Gasteiger partial charge is 0.384 e. The lowest BCUT2D eigenvalue weighted by atomic mass is 9.83. The van der Waals surface area contributed by atoms with Crippen LogP contribution in [0.15, 0.2) is 59.9 Å². The molecule has 0 fully saturated rings. The fourth-order valence-electron chi connectivity index (χ4n) is 4.37. The van der Waals surface area contributed by atoms with Gasteiger partial charge in [0.2, 0.25) is 0 Å². The van der Waals surface area contributed by atoms with Crippen LogP contribution in [0.4, 0.5) is 4.39 Å². The molecule has 2 aromatic rings. The number of nitrogens with zero attached hydrogens (tertiary/aromatic N) is 3. The molecule has 30 heavy (non-hydrogen) atoms. The van der Waals surface area contributed by atoms with Crippen LogP contribution in [0.1, 0.15) is 42.3 Å². The lowest BCUT2D eigenvalue weighted by Crippen LogP contribution is -2.55. The van der Waals surface area contributed by atoms with Crippen molar-refractivity contribution < 1.29 is 14.0 Å². The highest BCUT2D eigenvalue weighted by atomic mass is 19.1. The first-order valence-electron chi connectivity index (χ1n) is 9.55. The van der Waals surface area contributed by atoms with E-state index in [1.807, 2.05) is 20.8 Å². The Kier molecular flexibility index (Phi) is 4.21. The summed E-state index contributed by atoms with van der Waals surface area (Å²) >= 11 is 0. The van der Waals surface area contributed by atoms with Gasteiger partial charge in [-0.15, -0.1) is 0 Å². The smallest absolute Gasteiger partial charge is 0.264 e. The van der Waals surface area contributed by atoms with Crippen LogP contribution < -0.4 is 5.73 Å². The summed E-state index contributed by atoms with van der Waals surface area (Å²) in [6.45, 7) is 5.48. The fourth-order valence-corrected chi connectivity index (χ4v) is 4.37. The Morgan fingerprint density at radius 2 is 1.73 bits per heavy atom. The van der Waals surface area contributed by atoms with Crippen LogP contribution in [-0.2, 0) is 16.9 Å². The highest BCUT2D eigenvalue weighted by Crippen LogP contribution is 2.51. The summed E-state index contributed by atoms with van der Waals surface area (Å²) in [5, 5.41) is 10.0. The van der Waals surface area contributed by atoms with E-state index < -0.39 is 22.8 Å². The van der Waals surface area contributed by atoms with E-state index in [1.165, 1.54) is 21.9 Å². The molecule has 0 unspecified atom stereocenters. The summed E-state index contributed by atoms with van der Waals surface area (Å²) in [6, 6.07) is 14.6. The van der Waals surface area contributed by atoms with Gasteiger partial charge in [0.15, 0.2) is 5.54 Å². The van der Waals surface area contributed by atoms with Crippen molar-refractivity contribution in [2.75, 3.05) is 0 Å². The van der Waals surface area contributed by atoms with E-state index in [1.54, 1.807) is 36.4 Å². The van der Waals surface area contributed by atoms with E-state index in [2.05, 4.69) is 6.07 Å². The maximum atomic E-state index is 13.9. The summed E-state index contributed by atoms with van der Waals surface area (Å²) in [4.78, 5) is 30.1. The van der Waals surface area contributed by atoms with E-state index >= 15 is 0 Å². The van der Waals surface area contributed by atoms with Gasteiger partial charge in [0.05, 0.1) is 0 Å². The quantitative estimate of drug-likeness (QED) is 0.833. The van der Waals surface area contributed by atoms with Gasteiger partial charge in [-0.3, -0.25) is 14.5 Å². The molecule has 2 amide bonds. The second-order valence-corrected chi connectivity index (χ2v) is 8.46. The summed E-state index contributed by atoms with van der Waals surface area (Å²) < 4.78 is 13.4. The summed E-state index contributed by atoms with van der Waals surface area (Å²) in [7, 11) is 0. The van der Waals surface area contributed by atoms with Crippen LogP contribution in [0, 0.1) is 17.1 Å². The number of fused-ring (bicyclic) bond motifs is 2. The number of rotatable bonds is 2. The van der Waals surface area contributed by atoms with Crippen molar-refractivity contribution >= 4 is 11.8 Å². The minimum atomic E-state index is -1.64. The second-order valence-electron chi connectivity index (χ2n) is 8.46. The van der Waals surface area contributed by atoms with E-state index in [0.29, 0.717) is 16.7 Å². The third kappa shape index (κ3) is 2.47. The van der Waals surface area contributed by atoms with Gasteiger partial charge in [0, 0.05) is 23.2 Å². The minimum absolute atomic E-state index is 0.0238. The maximum Gasteiger partial charge on any atom is 0.264 e. The average molecular weight is 404 g/mol. The first kappa shape index (κ1) is 19.6. The van der Waals surface area contributed by atoms with Crippen molar-refractivity contribution in [3.8, 4) is 6.07 Å². The molecule has 2 heterocycles. The third-order valence-electron chi connectivity index (χ3n) is 5.61. The van der Waals surface area contributed by atoms with Gasteiger partial charge in [-0.1, -0.05) is 30.3 Å². The Morgan fingerprint density at radius 3 is 2.33 bits per heavy atom. The van der Waals surface area contributed by atoms with E-state index in [9.17, 15) is 19.2 Å². The van der Waals surface area contributed by atoms with Crippen molar-refractivity contribution in [3.05, 3.63) is 82.4 Å². The van der Waals surface area contributed by atoms with Crippen LogP contribution in [0.2, 0.25) is 0 Å². The standard InChI is InChI=1S/C23H21FN4O2/c1-22(2,3)28-19(26)18(12-25)23(21(28)30)17-7-5-4-6-16(17)20(29)27(23)13-14-8-10-15(24)11-9-14/h4-11H,13,26H2,1-3H3/t23-/m1/s1. The lowest BCUT2D eigenvalue weighted by molar-refractivity contribution is -0.140. The molecule has 152 valence electrons. The van der Waals surface area contributed by atoms with Crippen LogP contribution in [0.25, 0.3) is 0 Å². The van der Waals surface area contributed by atoms with Crippen molar-refractivity contribution in [3.63, 3.8) is 0 Å². The van der Waals surface area contributed by atoms with Crippen molar-refractivity contribution in [1.29, 1.82) is 5.26 Å². The van der Waals surface area contributed by atoms with E-state index in [-0.39, 0.29) is 23.8 Å². The number of carbonyl (C=O) groups excluding carboxylic acids is 2. The Morgan fingerprint density at radius 1 is 1.10 bits per heavy atom. The van der Waals surface area contributed by atoms with E-state index in [0.717, 1.165) is 0 Å². The number of halogens is 1. The summed E-state index contributed by atoms with van der Waals surface area (Å²) in [5.74, 6) is -1.17. The number of benzene rings is 2. The third-order valence-corrected chi connectivity index (χ3v) is 5.61. The van der Waals surface area contributed by atoms with Gasteiger partial charge in [0.1, 0.15) is 23.3 Å². The average Bonchev–Trinajstić information content (AvgIpc) is 3.07. The highest BCUT2D eigenvalue weighted by molar-refractivity contribution is 6.11. The monoisotopic (exact) mass is 404 g/mol. The zero-order chi connectivity index (χ0) is 21.8. The molecule has 2 aliphatic heterocycles. The number of carbonyl (C=O) groups is 2. The molecule has 0 aromatic heterocycles. The molecule has 2 aromatic carbocycles. The predicted octanol–water partition coefficient (Wildman–Crippen LogP) is 3.01. The number of nitriles is 1. The van der Waals surface area contributed by atoms with Gasteiger partial charge in [-0.05, 0) is 44.5 Å². The molecule has 0 aliphatic carbocycles. The van der Waals surface area contributed by atoms with Crippen LogP contribution in [-0.4, -0.2) is 27.2 Å². The zero-order valence-electron chi connectivity index (χ0n) is 16.9. The summed E-state index contributed by atoms with van der Waals surface area (Å²) in [6.07, 6.45) is 0.